The minimum absolute atomic E-state index is 0.0209. The van der Waals surface area contributed by atoms with Crippen LogP contribution in [-0.2, 0) is 11.3 Å². The molecule has 0 radical (unpaired) electrons. The van der Waals surface area contributed by atoms with Crippen molar-refractivity contribution in [2.45, 2.75) is 19.9 Å². The van der Waals surface area contributed by atoms with Crippen LogP contribution < -0.4 is 5.32 Å². The number of halogens is 2. The van der Waals surface area contributed by atoms with Crippen LogP contribution in [0.5, 0.6) is 0 Å². The molecule has 2 atom stereocenters. The highest BCUT2D eigenvalue weighted by Crippen LogP contribution is 2.38. The van der Waals surface area contributed by atoms with Crippen LogP contribution >= 0.6 is 11.6 Å². The summed E-state index contributed by atoms with van der Waals surface area (Å²) >= 11 is 6.13. The van der Waals surface area contributed by atoms with Gasteiger partial charge in [-0.3, -0.25) is 14.5 Å². The number of carbonyl (C=O) groups is 2. The van der Waals surface area contributed by atoms with Crippen molar-refractivity contribution < 1.29 is 14.0 Å². The first-order valence-electron chi connectivity index (χ1n) is 10.3. The smallest absolute Gasteiger partial charge is 0.254 e. The van der Waals surface area contributed by atoms with Gasteiger partial charge in [-0.1, -0.05) is 30.7 Å². The molecule has 1 heterocycles. The zero-order valence-corrected chi connectivity index (χ0v) is 17.7. The number of nitrogens with one attached hydrogen (secondary N) is 1. The second kappa shape index (κ2) is 8.74. The van der Waals surface area contributed by atoms with E-state index in [9.17, 15) is 14.0 Å². The number of hydrogen-bond donors (Lipinski definition) is 1. The molecule has 30 heavy (non-hydrogen) atoms. The first kappa shape index (κ1) is 20.8. The highest BCUT2D eigenvalue weighted by atomic mass is 35.5. The fourth-order valence-corrected chi connectivity index (χ4v) is 4.07. The Morgan fingerprint density at radius 2 is 1.83 bits per heavy atom. The lowest BCUT2D eigenvalue weighted by Crippen LogP contribution is -2.48. The van der Waals surface area contributed by atoms with Crippen LogP contribution in [0.2, 0.25) is 5.02 Å². The van der Waals surface area contributed by atoms with E-state index >= 15 is 0 Å². The summed E-state index contributed by atoms with van der Waals surface area (Å²) in [6.07, 6.45) is 0.923. The molecule has 1 aliphatic heterocycles. The molecule has 1 N–H and O–H groups in total. The Morgan fingerprint density at radius 3 is 2.50 bits per heavy atom. The predicted molar refractivity (Wildman–Crippen MR) is 115 cm³/mol. The third-order valence-corrected chi connectivity index (χ3v) is 6.28. The predicted octanol–water partition coefficient (Wildman–Crippen LogP) is 4.03. The van der Waals surface area contributed by atoms with Crippen LogP contribution in [0.4, 0.5) is 10.1 Å². The molecule has 2 fully saturated rings. The largest absolute Gasteiger partial charge is 0.336 e. The van der Waals surface area contributed by atoms with E-state index in [1.54, 1.807) is 41.3 Å². The minimum Gasteiger partial charge on any atom is -0.336 e. The summed E-state index contributed by atoms with van der Waals surface area (Å²) in [7, 11) is 0. The number of hydrogen-bond acceptors (Lipinski definition) is 3. The third kappa shape index (κ3) is 4.65. The van der Waals surface area contributed by atoms with Crippen molar-refractivity contribution in [2.24, 2.45) is 11.8 Å². The van der Waals surface area contributed by atoms with Gasteiger partial charge in [0.2, 0.25) is 5.91 Å². The summed E-state index contributed by atoms with van der Waals surface area (Å²) < 4.78 is 14.0. The van der Waals surface area contributed by atoms with Gasteiger partial charge in [-0.25, -0.2) is 4.39 Å². The average Bonchev–Trinajstić information content (AvgIpc) is 3.48. The maximum Gasteiger partial charge on any atom is 0.254 e. The van der Waals surface area contributed by atoms with Crippen molar-refractivity contribution >= 4 is 29.1 Å². The van der Waals surface area contributed by atoms with Crippen molar-refractivity contribution in [3.05, 3.63) is 64.4 Å². The van der Waals surface area contributed by atoms with E-state index < -0.39 is 0 Å². The lowest BCUT2D eigenvalue weighted by molar-refractivity contribution is -0.117. The van der Waals surface area contributed by atoms with E-state index in [1.165, 1.54) is 6.07 Å². The molecule has 0 spiro atoms. The van der Waals surface area contributed by atoms with Crippen molar-refractivity contribution in [3.8, 4) is 0 Å². The molecule has 7 heteroatoms. The molecular formula is C23H25ClFN3O2. The number of piperazine rings is 1. The molecule has 2 unspecified atom stereocenters. The van der Waals surface area contributed by atoms with Gasteiger partial charge < -0.3 is 10.2 Å². The lowest BCUT2D eigenvalue weighted by atomic mass is 10.1. The van der Waals surface area contributed by atoms with E-state index in [0.29, 0.717) is 60.5 Å². The first-order chi connectivity index (χ1) is 14.4. The fourth-order valence-electron chi connectivity index (χ4n) is 3.85. The van der Waals surface area contributed by atoms with E-state index in [-0.39, 0.29) is 23.5 Å². The van der Waals surface area contributed by atoms with E-state index in [0.717, 1.165) is 6.42 Å². The fraction of sp³-hybridized carbons (Fsp3) is 0.391. The van der Waals surface area contributed by atoms with Crippen molar-refractivity contribution in [1.82, 2.24) is 9.80 Å². The van der Waals surface area contributed by atoms with Gasteiger partial charge in [0.15, 0.2) is 0 Å². The zero-order chi connectivity index (χ0) is 21.3. The molecule has 2 aliphatic rings. The van der Waals surface area contributed by atoms with Crippen LogP contribution in [0.3, 0.4) is 0 Å². The van der Waals surface area contributed by atoms with Gasteiger partial charge in [-0.2, -0.15) is 0 Å². The Kier molecular flexibility index (Phi) is 6.06. The minimum atomic E-state index is -0.305. The maximum atomic E-state index is 14.0. The summed E-state index contributed by atoms with van der Waals surface area (Å²) in [5.74, 6) is 0.174. The molecule has 1 saturated heterocycles. The molecule has 158 valence electrons. The summed E-state index contributed by atoms with van der Waals surface area (Å²) in [6.45, 7) is 4.89. The molecule has 2 aromatic rings. The second-order valence-electron chi connectivity index (χ2n) is 8.16. The number of anilines is 1. The van der Waals surface area contributed by atoms with Crippen molar-refractivity contribution in [3.63, 3.8) is 0 Å². The number of carbonyl (C=O) groups excluding carboxylic acids is 2. The van der Waals surface area contributed by atoms with E-state index in [4.69, 9.17) is 11.6 Å². The number of rotatable bonds is 5. The monoisotopic (exact) mass is 429 g/mol. The van der Waals surface area contributed by atoms with Gasteiger partial charge >= 0.3 is 0 Å². The molecule has 0 bridgehead atoms. The Morgan fingerprint density at radius 1 is 1.13 bits per heavy atom. The third-order valence-electron chi connectivity index (χ3n) is 5.93. The van der Waals surface area contributed by atoms with Crippen LogP contribution in [-0.4, -0.2) is 47.8 Å². The molecule has 2 amide bonds. The van der Waals surface area contributed by atoms with Gasteiger partial charge in [0, 0.05) is 60.5 Å². The summed E-state index contributed by atoms with van der Waals surface area (Å²) in [4.78, 5) is 29.0. The average molecular weight is 430 g/mol. The second-order valence-corrected chi connectivity index (χ2v) is 8.57. The van der Waals surface area contributed by atoms with Crippen LogP contribution in [0.25, 0.3) is 0 Å². The Labute approximate surface area is 180 Å². The molecule has 1 saturated carbocycles. The van der Waals surface area contributed by atoms with Gasteiger partial charge in [-0.15, -0.1) is 0 Å². The lowest BCUT2D eigenvalue weighted by Gasteiger charge is -2.35. The molecular weight excluding hydrogens is 405 g/mol. The highest BCUT2D eigenvalue weighted by molar-refractivity contribution is 6.31. The normalized spacial score (nSPS) is 21.4. The number of nitrogens with zero attached hydrogens (tertiary/aromatic N) is 2. The molecule has 1 aliphatic carbocycles. The first-order valence-corrected chi connectivity index (χ1v) is 10.7. The Bertz CT molecular complexity index is 939. The quantitative estimate of drug-likeness (QED) is 0.780. The van der Waals surface area contributed by atoms with Crippen LogP contribution in [0.1, 0.15) is 29.3 Å². The van der Waals surface area contributed by atoms with E-state index in [1.807, 2.05) is 0 Å². The molecule has 4 rings (SSSR count). The zero-order valence-electron chi connectivity index (χ0n) is 16.9. The van der Waals surface area contributed by atoms with E-state index in [2.05, 4.69) is 17.1 Å². The van der Waals surface area contributed by atoms with Crippen molar-refractivity contribution in [1.29, 1.82) is 0 Å². The van der Waals surface area contributed by atoms with Gasteiger partial charge in [0.25, 0.3) is 5.91 Å². The van der Waals surface area contributed by atoms with Crippen LogP contribution in [0, 0.1) is 17.7 Å². The molecule has 5 nitrogen and oxygen atoms in total. The molecule has 2 aromatic carbocycles. The van der Waals surface area contributed by atoms with Gasteiger partial charge in [0.05, 0.1) is 0 Å². The number of amides is 2. The SMILES string of the molecule is CC1CC1C(=O)Nc1cccc(C(=O)N2CCN(Cc3c(F)cccc3Cl)CC2)c1. The maximum absolute atomic E-state index is 14.0. The number of benzene rings is 2. The summed E-state index contributed by atoms with van der Waals surface area (Å²) in [5.41, 5.74) is 1.70. The Balaban J connectivity index is 1.34. The summed E-state index contributed by atoms with van der Waals surface area (Å²) in [6, 6.07) is 11.8. The van der Waals surface area contributed by atoms with Crippen LogP contribution in [0.15, 0.2) is 42.5 Å². The van der Waals surface area contributed by atoms with Gasteiger partial charge in [-0.05, 0) is 42.7 Å². The van der Waals surface area contributed by atoms with Crippen molar-refractivity contribution in [2.75, 3.05) is 31.5 Å². The standard InChI is InChI=1S/C23H25ClFN3O2/c1-15-12-18(15)22(29)26-17-5-2-4-16(13-17)23(30)28-10-8-27(9-11-28)14-19-20(24)6-3-7-21(19)25/h2-7,13,15,18H,8-12,14H2,1H3,(H,26,29). The Hall–Kier alpha value is -2.44. The van der Waals surface area contributed by atoms with Gasteiger partial charge in [0.1, 0.15) is 5.82 Å². The summed E-state index contributed by atoms with van der Waals surface area (Å²) in [5, 5.41) is 3.34. The molecule has 0 aromatic heterocycles. The topological polar surface area (TPSA) is 52.7 Å². The highest BCUT2D eigenvalue weighted by Gasteiger charge is 2.39.